The van der Waals surface area contributed by atoms with E-state index in [9.17, 15) is 4.79 Å². The van der Waals surface area contributed by atoms with Crippen LogP contribution in [0.2, 0.25) is 5.02 Å². The number of halogens is 1. The van der Waals surface area contributed by atoms with Crippen molar-refractivity contribution in [3.8, 4) is 17.0 Å². The SMILES string of the molecule is COc1ccccc1NC(=S)NNC(=O)Nc1nc(-c2ccc(Cl)cc2)cs1. The lowest BCUT2D eigenvalue weighted by Gasteiger charge is -2.13. The number of hydrogen-bond donors (Lipinski definition) is 4. The van der Waals surface area contributed by atoms with Crippen LogP contribution in [0.4, 0.5) is 15.6 Å². The normalized spacial score (nSPS) is 10.1. The number of thiazole rings is 1. The summed E-state index contributed by atoms with van der Waals surface area (Å²) in [5, 5.41) is 8.74. The molecule has 7 nitrogen and oxygen atoms in total. The van der Waals surface area contributed by atoms with Gasteiger partial charge in [-0.2, -0.15) is 0 Å². The van der Waals surface area contributed by atoms with E-state index < -0.39 is 6.03 Å². The standard InChI is InChI=1S/C18H16ClN5O2S2/c1-26-15-5-3-2-4-13(15)20-17(27)24-23-16(25)22-18-21-14(10-28-18)11-6-8-12(19)9-7-11/h2-10H,1H3,(H2,20,24,27)(H2,21,22,23,25). The van der Waals surface area contributed by atoms with Gasteiger partial charge in [0.05, 0.1) is 18.5 Å². The average Bonchev–Trinajstić information content (AvgIpc) is 3.16. The van der Waals surface area contributed by atoms with Crippen molar-refractivity contribution in [2.45, 2.75) is 0 Å². The predicted octanol–water partition coefficient (Wildman–Crippen LogP) is 4.50. The first kappa shape index (κ1) is 19.9. The molecule has 0 spiro atoms. The third-order valence-corrected chi connectivity index (χ3v) is 4.72. The number of amides is 2. The Morgan fingerprint density at radius 3 is 2.61 bits per heavy atom. The topological polar surface area (TPSA) is 87.3 Å². The first-order valence-corrected chi connectivity index (χ1v) is 9.70. The molecule has 3 rings (SSSR count). The van der Waals surface area contributed by atoms with Crippen LogP contribution in [0.25, 0.3) is 11.3 Å². The number of benzene rings is 2. The van der Waals surface area contributed by atoms with Gasteiger partial charge in [0.25, 0.3) is 0 Å². The molecule has 0 fully saturated rings. The number of ether oxygens (including phenoxy) is 1. The molecular formula is C18H16ClN5O2S2. The number of hydrogen-bond acceptors (Lipinski definition) is 5. The number of carbonyl (C=O) groups excluding carboxylic acids is 1. The van der Waals surface area contributed by atoms with Crippen LogP contribution >= 0.6 is 35.2 Å². The van der Waals surface area contributed by atoms with Crippen LogP contribution in [0, 0.1) is 0 Å². The highest BCUT2D eigenvalue weighted by Crippen LogP contribution is 2.26. The van der Waals surface area contributed by atoms with Gasteiger partial charge < -0.3 is 10.1 Å². The van der Waals surface area contributed by atoms with Crippen molar-refractivity contribution < 1.29 is 9.53 Å². The molecule has 1 aromatic heterocycles. The number of nitrogens with zero attached hydrogens (tertiary/aromatic N) is 1. The molecule has 144 valence electrons. The Kier molecular flexibility index (Phi) is 6.64. The van der Waals surface area contributed by atoms with Gasteiger partial charge in [-0.1, -0.05) is 35.9 Å². The van der Waals surface area contributed by atoms with Crippen molar-refractivity contribution in [2.75, 3.05) is 17.7 Å². The van der Waals surface area contributed by atoms with E-state index in [0.717, 1.165) is 11.3 Å². The van der Waals surface area contributed by atoms with E-state index in [1.807, 2.05) is 29.6 Å². The highest BCUT2D eigenvalue weighted by atomic mass is 35.5. The van der Waals surface area contributed by atoms with Crippen LogP contribution < -0.4 is 26.2 Å². The van der Waals surface area contributed by atoms with Gasteiger partial charge in [0.15, 0.2) is 10.2 Å². The molecule has 0 radical (unpaired) electrons. The first-order valence-electron chi connectivity index (χ1n) is 8.03. The molecule has 0 aliphatic carbocycles. The number of anilines is 2. The van der Waals surface area contributed by atoms with E-state index >= 15 is 0 Å². The van der Waals surface area contributed by atoms with Crippen molar-refractivity contribution in [3.05, 3.63) is 58.9 Å². The average molecular weight is 434 g/mol. The number of thiocarbonyl (C=S) groups is 1. The van der Waals surface area contributed by atoms with Crippen LogP contribution in [-0.4, -0.2) is 23.2 Å². The molecule has 0 saturated heterocycles. The number of urea groups is 1. The number of methoxy groups -OCH3 is 1. The van der Waals surface area contributed by atoms with Crippen LogP contribution in [-0.2, 0) is 0 Å². The maximum Gasteiger partial charge on any atom is 0.339 e. The molecule has 0 aliphatic rings. The summed E-state index contributed by atoms with van der Waals surface area (Å²) in [4.78, 5) is 16.4. The Morgan fingerprint density at radius 2 is 1.86 bits per heavy atom. The van der Waals surface area contributed by atoms with Crippen molar-refractivity contribution >= 4 is 57.1 Å². The zero-order valence-electron chi connectivity index (χ0n) is 14.7. The van der Waals surface area contributed by atoms with Crippen molar-refractivity contribution in [1.29, 1.82) is 0 Å². The Labute approximate surface area is 176 Å². The molecule has 0 bridgehead atoms. The Bertz CT molecular complexity index is 978. The Hall–Kier alpha value is -2.88. The molecule has 2 amide bonds. The molecule has 2 aromatic carbocycles. The monoisotopic (exact) mass is 433 g/mol. The molecule has 4 N–H and O–H groups in total. The lowest BCUT2D eigenvalue weighted by atomic mass is 10.2. The molecule has 0 saturated carbocycles. The second-order valence-corrected chi connectivity index (χ2v) is 7.11. The lowest BCUT2D eigenvalue weighted by Crippen LogP contribution is -2.45. The summed E-state index contributed by atoms with van der Waals surface area (Å²) in [6, 6.07) is 14.1. The highest BCUT2D eigenvalue weighted by molar-refractivity contribution is 7.80. The summed E-state index contributed by atoms with van der Waals surface area (Å²) >= 11 is 12.4. The molecule has 0 atom stereocenters. The summed E-state index contributed by atoms with van der Waals surface area (Å²) in [6.07, 6.45) is 0. The number of aromatic nitrogens is 1. The van der Waals surface area contributed by atoms with Crippen molar-refractivity contribution in [2.24, 2.45) is 0 Å². The first-order chi connectivity index (χ1) is 13.5. The molecule has 0 aliphatic heterocycles. The van der Waals surface area contributed by atoms with Crippen LogP contribution in [0.1, 0.15) is 0 Å². The van der Waals surface area contributed by atoms with E-state index in [4.69, 9.17) is 28.6 Å². The van der Waals surface area contributed by atoms with Crippen LogP contribution in [0.15, 0.2) is 53.9 Å². The Balaban J connectivity index is 1.50. The number of carbonyl (C=O) groups is 1. The van der Waals surface area contributed by atoms with Gasteiger partial charge in [-0.15, -0.1) is 11.3 Å². The summed E-state index contributed by atoms with van der Waals surface area (Å²) in [5.74, 6) is 0.633. The number of nitrogens with one attached hydrogen (secondary N) is 4. The maximum absolute atomic E-state index is 12.0. The van der Waals surface area contributed by atoms with Crippen LogP contribution in [0.5, 0.6) is 5.75 Å². The van der Waals surface area contributed by atoms with Gasteiger partial charge in [0.1, 0.15) is 5.75 Å². The van der Waals surface area contributed by atoms with Gasteiger partial charge in [-0.05, 0) is 36.5 Å². The van der Waals surface area contributed by atoms with Crippen molar-refractivity contribution in [3.63, 3.8) is 0 Å². The van der Waals surface area contributed by atoms with E-state index in [0.29, 0.717) is 21.6 Å². The molecular weight excluding hydrogens is 418 g/mol. The largest absolute Gasteiger partial charge is 0.495 e. The van der Waals surface area contributed by atoms with Crippen LogP contribution in [0.3, 0.4) is 0 Å². The predicted molar refractivity (Wildman–Crippen MR) is 117 cm³/mol. The molecule has 10 heteroatoms. The molecule has 0 unspecified atom stereocenters. The quantitative estimate of drug-likeness (QED) is 0.358. The fourth-order valence-electron chi connectivity index (χ4n) is 2.23. The summed E-state index contributed by atoms with van der Waals surface area (Å²) in [5.41, 5.74) is 7.40. The number of para-hydroxylation sites is 2. The second kappa shape index (κ2) is 9.36. The third kappa shape index (κ3) is 5.32. The van der Waals surface area contributed by atoms with Gasteiger partial charge >= 0.3 is 6.03 Å². The van der Waals surface area contributed by atoms with Gasteiger partial charge in [0, 0.05) is 16.0 Å². The fourth-order valence-corrected chi connectivity index (χ4v) is 3.23. The van der Waals surface area contributed by atoms with Gasteiger partial charge in [-0.3, -0.25) is 10.7 Å². The number of rotatable bonds is 4. The molecule has 1 heterocycles. The smallest absolute Gasteiger partial charge is 0.339 e. The summed E-state index contributed by atoms with van der Waals surface area (Å²) < 4.78 is 5.23. The fraction of sp³-hybridized carbons (Fsp3) is 0.0556. The minimum absolute atomic E-state index is 0.209. The zero-order valence-corrected chi connectivity index (χ0v) is 17.0. The molecule has 28 heavy (non-hydrogen) atoms. The minimum Gasteiger partial charge on any atom is -0.495 e. The second-order valence-electron chi connectivity index (χ2n) is 5.40. The van der Waals surface area contributed by atoms with Gasteiger partial charge in [0.2, 0.25) is 0 Å². The zero-order chi connectivity index (χ0) is 19.9. The van der Waals surface area contributed by atoms with E-state index in [2.05, 4.69) is 26.5 Å². The van der Waals surface area contributed by atoms with E-state index in [1.54, 1.807) is 31.4 Å². The lowest BCUT2D eigenvalue weighted by molar-refractivity contribution is 0.250. The highest BCUT2D eigenvalue weighted by Gasteiger charge is 2.09. The van der Waals surface area contributed by atoms with Gasteiger partial charge in [-0.25, -0.2) is 15.2 Å². The Morgan fingerprint density at radius 1 is 1.11 bits per heavy atom. The maximum atomic E-state index is 12.0. The summed E-state index contributed by atoms with van der Waals surface area (Å²) in [6.45, 7) is 0. The number of hydrazine groups is 1. The third-order valence-electron chi connectivity index (χ3n) is 3.51. The summed E-state index contributed by atoms with van der Waals surface area (Å²) in [7, 11) is 1.56. The van der Waals surface area contributed by atoms with E-state index in [-0.39, 0.29) is 5.11 Å². The minimum atomic E-state index is -0.499. The molecule has 3 aromatic rings. The van der Waals surface area contributed by atoms with Crippen molar-refractivity contribution in [1.82, 2.24) is 15.8 Å². The van der Waals surface area contributed by atoms with E-state index in [1.165, 1.54) is 11.3 Å².